The van der Waals surface area contributed by atoms with Gasteiger partial charge < -0.3 is 5.32 Å². The largest absolute Gasteiger partial charge is 0.316 e. The smallest absolute Gasteiger partial charge is 0.150 e. The summed E-state index contributed by atoms with van der Waals surface area (Å²) in [5.41, 5.74) is 2.26. The number of hydrogen-bond donors (Lipinski definition) is 1. The van der Waals surface area contributed by atoms with Crippen LogP contribution in [0.25, 0.3) is 0 Å². The maximum atomic E-state index is 11.6. The van der Waals surface area contributed by atoms with Gasteiger partial charge in [-0.3, -0.25) is 4.68 Å². The van der Waals surface area contributed by atoms with Crippen molar-refractivity contribution in [2.24, 2.45) is 13.0 Å². The van der Waals surface area contributed by atoms with Crippen molar-refractivity contribution in [1.29, 1.82) is 0 Å². The zero-order valence-electron chi connectivity index (χ0n) is 11.9. The zero-order valence-corrected chi connectivity index (χ0v) is 12.7. The van der Waals surface area contributed by atoms with Gasteiger partial charge in [0.15, 0.2) is 9.84 Å². The van der Waals surface area contributed by atoms with Crippen LogP contribution in [0.4, 0.5) is 0 Å². The monoisotopic (exact) mass is 285 g/mol. The van der Waals surface area contributed by atoms with E-state index in [4.69, 9.17) is 0 Å². The maximum absolute atomic E-state index is 11.6. The van der Waals surface area contributed by atoms with Crippen LogP contribution in [0.5, 0.6) is 0 Å². The number of likely N-dealkylation sites (N-methyl/N-ethyl adjacent to an activating group) is 1. The molecule has 2 heterocycles. The third-order valence-corrected chi connectivity index (χ3v) is 5.82. The highest BCUT2D eigenvalue weighted by atomic mass is 32.2. The SMILES string of the molecule is CCc1cc(CC(NC)C2CCS(=O)(=O)C2)n(C)n1. The third kappa shape index (κ3) is 3.36. The second kappa shape index (κ2) is 5.63. The topological polar surface area (TPSA) is 64.0 Å². The van der Waals surface area contributed by atoms with E-state index >= 15 is 0 Å². The molecule has 0 spiro atoms. The van der Waals surface area contributed by atoms with Gasteiger partial charge in [0.05, 0.1) is 17.2 Å². The second-order valence-electron chi connectivity index (χ2n) is 5.37. The molecule has 2 rings (SSSR count). The molecule has 108 valence electrons. The molecule has 0 aromatic carbocycles. The molecule has 1 fully saturated rings. The predicted octanol–water partition coefficient (Wildman–Crippen LogP) is 0.548. The summed E-state index contributed by atoms with van der Waals surface area (Å²) in [6, 6.07) is 2.32. The Morgan fingerprint density at radius 3 is 2.79 bits per heavy atom. The molecular formula is C13H23N3O2S. The van der Waals surface area contributed by atoms with Crippen LogP contribution in [0, 0.1) is 5.92 Å². The van der Waals surface area contributed by atoms with Crippen molar-refractivity contribution in [3.05, 3.63) is 17.5 Å². The van der Waals surface area contributed by atoms with E-state index in [9.17, 15) is 8.42 Å². The molecule has 1 N–H and O–H groups in total. The Kier molecular flexibility index (Phi) is 4.30. The van der Waals surface area contributed by atoms with E-state index in [1.165, 1.54) is 5.69 Å². The molecule has 0 radical (unpaired) electrons. The average molecular weight is 285 g/mol. The minimum atomic E-state index is -2.81. The van der Waals surface area contributed by atoms with Crippen LogP contribution in [0.3, 0.4) is 0 Å². The minimum Gasteiger partial charge on any atom is -0.316 e. The van der Waals surface area contributed by atoms with Gasteiger partial charge in [0.25, 0.3) is 0 Å². The Balaban J connectivity index is 2.09. The van der Waals surface area contributed by atoms with Gasteiger partial charge in [-0.05, 0) is 31.9 Å². The molecule has 1 aromatic rings. The number of rotatable bonds is 5. The van der Waals surface area contributed by atoms with Gasteiger partial charge in [-0.1, -0.05) is 6.92 Å². The van der Waals surface area contributed by atoms with Crippen LogP contribution >= 0.6 is 0 Å². The van der Waals surface area contributed by atoms with E-state index in [0.29, 0.717) is 11.5 Å². The number of aromatic nitrogens is 2. The van der Waals surface area contributed by atoms with E-state index in [0.717, 1.165) is 25.0 Å². The lowest BCUT2D eigenvalue weighted by Crippen LogP contribution is -2.36. The quantitative estimate of drug-likeness (QED) is 0.858. The molecule has 0 bridgehead atoms. The molecule has 2 atom stereocenters. The summed E-state index contributed by atoms with van der Waals surface area (Å²) in [7, 11) is 1.05. The first-order valence-corrected chi connectivity index (χ1v) is 8.66. The lowest BCUT2D eigenvalue weighted by molar-refractivity contribution is 0.395. The number of aryl methyl sites for hydroxylation is 2. The number of nitrogens with one attached hydrogen (secondary N) is 1. The molecule has 2 unspecified atom stereocenters. The van der Waals surface area contributed by atoms with Crippen molar-refractivity contribution in [3.8, 4) is 0 Å². The van der Waals surface area contributed by atoms with E-state index in [-0.39, 0.29) is 12.0 Å². The van der Waals surface area contributed by atoms with Gasteiger partial charge in [-0.2, -0.15) is 5.10 Å². The lowest BCUT2D eigenvalue weighted by Gasteiger charge is -2.21. The molecule has 19 heavy (non-hydrogen) atoms. The molecule has 0 aliphatic carbocycles. The Bertz CT molecular complexity index is 536. The highest BCUT2D eigenvalue weighted by Gasteiger charge is 2.33. The lowest BCUT2D eigenvalue weighted by atomic mass is 9.95. The first kappa shape index (κ1) is 14.5. The number of nitrogens with zero attached hydrogens (tertiary/aromatic N) is 2. The molecule has 1 aliphatic rings. The Morgan fingerprint density at radius 2 is 2.32 bits per heavy atom. The van der Waals surface area contributed by atoms with E-state index in [1.54, 1.807) is 0 Å². The molecule has 1 aromatic heterocycles. The van der Waals surface area contributed by atoms with Crippen molar-refractivity contribution in [2.75, 3.05) is 18.6 Å². The number of sulfone groups is 1. The van der Waals surface area contributed by atoms with Gasteiger partial charge in [0.1, 0.15) is 0 Å². The van der Waals surface area contributed by atoms with Crippen LogP contribution in [0.2, 0.25) is 0 Å². The van der Waals surface area contributed by atoms with Crippen LogP contribution < -0.4 is 5.32 Å². The fourth-order valence-corrected chi connectivity index (χ4v) is 4.69. The van der Waals surface area contributed by atoms with E-state index < -0.39 is 9.84 Å². The first-order chi connectivity index (χ1) is 8.95. The molecule has 0 amide bonds. The van der Waals surface area contributed by atoms with Crippen molar-refractivity contribution in [1.82, 2.24) is 15.1 Å². The fourth-order valence-electron chi connectivity index (χ4n) is 2.81. The molecule has 5 nitrogen and oxygen atoms in total. The summed E-state index contributed by atoms with van der Waals surface area (Å²) in [6.07, 6.45) is 2.53. The average Bonchev–Trinajstić information content (AvgIpc) is 2.89. The van der Waals surface area contributed by atoms with Crippen molar-refractivity contribution >= 4 is 9.84 Å². The van der Waals surface area contributed by atoms with Crippen LogP contribution in [-0.4, -0.2) is 42.8 Å². The summed E-state index contributed by atoms with van der Waals surface area (Å²) in [4.78, 5) is 0. The first-order valence-electron chi connectivity index (χ1n) is 6.84. The van der Waals surface area contributed by atoms with Crippen LogP contribution in [0.15, 0.2) is 6.07 Å². The van der Waals surface area contributed by atoms with Crippen LogP contribution in [-0.2, 0) is 29.7 Å². The minimum absolute atomic E-state index is 0.206. The summed E-state index contributed by atoms with van der Waals surface area (Å²) >= 11 is 0. The van der Waals surface area contributed by atoms with Gasteiger partial charge in [0.2, 0.25) is 0 Å². The zero-order chi connectivity index (χ0) is 14.0. The summed E-state index contributed by atoms with van der Waals surface area (Å²) < 4.78 is 25.1. The second-order valence-corrected chi connectivity index (χ2v) is 7.60. The van der Waals surface area contributed by atoms with Crippen molar-refractivity contribution in [3.63, 3.8) is 0 Å². The van der Waals surface area contributed by atoms with Gasteiger partial charge in [0, 0.05) is 25.2 Å². The van der Waals surface area contributed by atoms with Crippen molar-refractivity contribution in [2.45, 2.75) is 32.2 Å². The summed E-state index contributed by atoms with van der Waals surface area (Å²) in [6.45, 7) is 2.09. The predicted molar refractivity (Wildman–Crippen MR) is 75.9 cm³/mol. The standard InChI is InChI=1S/C13H23N3O2S/c1-4-11-7-12(16(3)15-11)8-13(14-2)10-5-6-19(17,18)9-10/h7,10,13-14H,4-6,8-9H2,1-3H3. The van der Waals surface area contributed by atoms with E-state index in [1.807, 2.05) is 18.8 Å². The van der Waals surface area contributed by atoms with Gasteiger partial charge >= 0.3 is 0 Å². The van der Waals surface area contributed by atoms with Gasteiger partial charge in [-0.25, -0.2) is 8.42 Å². The highest BCUT2D eigenvalue weighted by Crippen LogP contribution is 2.24. The van der Waals surface area contributed by atoms with Crippen LogP contribution in [0.1, 0.15) is 24.7 Å². The van der Waals surface area contributed by atoms with Gasteiger partial charge in [-0.15, -0.1) is 0 Å². The summed E-state index contributed by atoms with van der Waals surface area (Å²) in [5.74, 6) is 0.869. The maximum Gasteiger partial charge on any atom is 0.150 e. The summed E-state index contributed by atoms with van der Waals surface area (Å²) in [5, 5.41) is 7.72. The Morgan fingerprint density at radius 1 is 1.58 bits per heavy atom. The Labute approximate surface area is 115 Å². The molecule has 6 heteroatoms. The molecule has 1 saturated heterocycles. The highest BCUT2D eigenvalue weighted by molar-refractivity contribution is 7.91. The fraction of sp³-hybridized carbons (Fsp3) is 0.769. The molecule has 1 aliphatic heterocycles. The number of hydrogen-bond acceptors (Lipinski definition) is 4. The van der Waals surface area contributed by atoms with E-state index in [2.05, 4.69) is 23.4 Å². The van der Waals surface area contributed by atoms with Crippen molar-refractivity contribution < 1.29 is 8.42 Å². The molecule has 0 saturated carbocycles. The normalized spacial score (nSPS) is 23.6. The Hall–Kier alpha value is -0.880. The third-order valence-electron chi connectivity index (χ3n) is 4.03. The molecular weight excluding hydrogens is 262 g/mol.